The van der Waals surface area contributed by atoms with E-state index in [1.165, 1.54) is 12.1 Å². The second kappa shape index (κ2) is 5.56. The van der Waals surface area contributed by atoms with Gasteiger partial charge in [-0.3, -0.25) is 5.84 Å². The first-order valence-electron chi connectivity index (χ1n) is 5.84. The maximum absolute atomic E-state index is 12.5. The molecule has 1 atom stereocenters. The number of aromatic nitrogens is 2. The van der Waals surface area contributed by atoms with Gasteiger partial charge in [0.05, 0.1) is 17.3 Å². The van der Waals surface area contributed by atoms with Crippen molar-refractivity contribution in [3.8, 4) is 0 Å². The van der Waals surface area contributed by atoms with Crippen molar-refractivity contribution in [2.75, 3.05) is 0 Å². The summed E-state index contributed by atoms with van der Waals surface area (Å²) in [5.41, 5.74) is 3.04. The lowest BCUT2D eigenvalue weighted by Crippen LogP contribution is -2.29. The number of hydrazine groups is 1. The summed E-state index contributed by atoms with van der Waals surface area (Å²) in [4.78, 5) is 8.18. The van der Waals surface area contributed by atoms with Crippen LogP contribution in [0.5, 0.6) is 0 Å². The Labute approximate surface area is 113 Å². The van der Waals surface area contributed by atoms with Crippen LogP contribution in [0.4, 0.5) is 13.2 Å². The molecule has 1 aromatic heterocycles. The highest BCUT2D eigenvalue weighted by Gasteiger charge is 2.30. The summed E-state index contributed by atoms with van der Waals surface area (Å²) in [6.45, 7) is 1.73. The Morgan fingerprint density at radius 3 is 2.30 bits per heavy atom. The van der Waals surface area contributed by atoms with Crippen LogP contribution in [0.2, 0.25) is 0 Å². The van der Waals surface area contributed by atoms with Crippen LogP contribution in [0.1, 0.15) is 28.7 Å². The number of nitrogens with one attached hydrogen (secondary N) is 1. The minimum absolute atomic E-state index is 0.487. The van der Waals surface area contributed by atoms with Gasteiger partial charge in [-0.05, 0) is 30.7 Å². The van der Waals surface area contributed by atoms with Gasteiger partial charge in [0.2, 0.25) is 0 Å². The van der Waals surface area contributed by atoms with Crippen LogP contribution < -0.4 is 11.3 Å². The third-order valence-corrected chi connectivity index (χ3v) is 2.83. The van der Waals surface area contributed by atoms with Crippen molar-refractivity contribution < 1.29 is 13.2 Å². The highest BCUT2D eigenvalue weighted by molar-refractivity contribution is 5.31. The summed E-state index contributed by atoms with van der Waals surface area (Å²) in [7, 11) is 0. The second-order valence-corrected chi connectivity index (χ2v) is 4.25. The van der Waals surface area contributed by atoms with Crippen molar-refractivity contribution in [1.82, 2.24) is 15.4 Å². The van der Waals surface area contributed by atoms with Crippen LogP contribution in [-0.4, -0.2) is 9.97 Å². The Kier molecular flexibility index (Phi) is 4.01. The number of hydrogen-bond donors (Lipinski definition) is 2. The van der Waals surface area contributed by atoms with Crippen molar-refractivity contribution in [2.45, 2.75) is 19.1 Å². The van der Waals surface area contributed by atoms with E-state index in [-0.39, 0.29) is 0 Å². The van der Waals surface area contributed by atoms with Crippen LogP contribution in [-0.2, 0) is 6.18 Å². The van der Waals surface area contributed by atoms with E-state index in [0.717, 1.165) is 12.1 Å². The number of aryl methyl sites for hydroxylation is 1. The van der Waals surface area contributed by atoms with Crippen molar-refractivity contribution in [2.24, 2.45) is 5.84 Å². The van der Waals surface area contributed by atoms with Gasteiger partial charge in [-0.15, -0.1) is 0 Å². The monoisotopic (exact) mass is 282 g/mol. The van der Waals surface area contributed by atoms with Gasteiger partial charge in [-0.1, -0.05) is 12.1 Å². The third kappa shape index (κ3) is 3.12. The van der Waals surface area contributed by atoms with Crippen LogP contribution in [0.15, 0.2) is 36.5 Å². The van der Waals surface area contributed by atoms with Crippen LogP contribution in [0.3, 0.4) is 0 Å². The molecule has 0 aliphatic heterocycles. The predicted molar refractivity (Wildman–Crippen MR) is 67.4 cm³/mol. The molecular weight excluding hydrogens is 269 g/mol. The minimum Gasteiger partial charge on any atom is -0.271 e. The van der Waals surface area contributed by atoms with Gasteiger partial charge in [0.15, 0.2) is 0 Å². The molecule has 0 aliphatic rings. The highest BCUT2D eigenvalue weighted by Crippen LogP contribution is 2.30. The molecule has 1 unspecified atom stereocenters. The van der Waals surface area contributed by atoms with E-state index in [0.29, 0.717) is 17.1 Å². The number of benzene rings is 1. The quantitative estimate of drug-likeness (QED) is 0.670. The van der Waals surface area contributed by atoms with E-state index in [9.17, 15) is 13.2 Å². The molecule has 0 bridgehead atoms. The van der Waals surface area contributed by atoms with Gasteiger partial charge >= 0.3 is 6.18 Å². The SMILES string of the molecule is Cc1nccc(C(NN)c2ccc(C(F)(F)F)cc2)n1. The number of alkyl halides is 3. The van der Waals surface area contributed by atoms with E-state index in [1.807, 2.05) is 0 Å². The van der Waals surface area contributed by atoms with Crippen molar-refractivity contribution in [3.63, 3.8) is 0 Å². The average molecular weight is 282 g/mol. The molecule has 0 saturated heterocycles. The average Bonchev–Trinajstić information content (AvgIpc) is 2.39. The predicted octanol–water partition coefficient (Wildman–Crippen LogP) is 2.36. The van der Waals surface area contributed by atoms with Crippen LogP contribution >= 0.6 is 0 Å². The van der Waals surface area contributed by atoms with Gasteiger partial charge in [-0.25, -0.2) is 15.4 Å². The molecule has 0 aliphatic carbocycles. The Hall–Kier alpha value is -1.99. The standard InChI is InChI=1S/C13H13F3N4/c1-8-18-7-6-11(19-8)12(20-17)9-2-4-10(5-3-9)13(14,15)16/h2-7,12,20H,17H2,1H3. The Bertz CT molecular complexity index is 581. The Balaban J connectivity index is 2.33. The smallest absolute Gasteiger partial charge is 0.271 e. The van der Waals surface area contributed by atoms with Gasteiger partial charge in [0.1, 0.15) is 5.82 Å². The molecule has 2 aromatic rings. The van der Waals surface area contributed by atoms with E-state index < -0.39 is 17.8 Å². The summed E-state index contributed by atoms with van der Waals surface area (Å²) in [6, 6.07) is 5.98. The van der Waals surface area contributed by atoms with Crippen molar-refractivity contribution >= 4 is 0 Å². The lowest BCUT2D eigenvalue weighted by atomic mass is 10.0. The fourth-order valence-electron chi connectivity index (χ4n) is 1.85. The summed E-state index contributed by atoms with van der Waals surface area (Å²) in [6.07, 6.45) is -2.78. The van der Waals surface area contributed by atoms with Crippen molar-refractivity contribution in [1.29, 1.82) is 0 Å². The first-order valence-corrected chi connectivity index (χ1v) is 5.84. The van der Waals surface area contributed by atoms with E-state index >= 15 is 0 Å². The van der Waals surface area contributed by atoms with E-state index in [4.69, 9.17) is 5.84 Å². The normalized spacial score (nSPS) is 13.2. The Morgan fingerprint density at radius 2 is 1.80 bits per heavy atom. The summed E-state index contributed by atoms with van der Waals surface area (Å²) in [5, 5.41) is 0. The van der Waals surface area contributed by atoms with Crippen LogP contribution in [0.25, 0.3) is 0 Å². The van der Waals surface area contributed by atoms with E-state index in [1.54, 1.807) is 19.2 Å². The van der Waals surface area contributed by atoms with Crippen molar-refractivity contribution in [3.05, 3.63) is 59.2 Å². The maximum Gasteiger partial charge on any atom is 0.416 e. The zero-order chi connectivity index (χ0) is 14.8. The molecule has 0 radical (unpaired) electrons. The molecule has 0 amide bonds. The van der Waals surface area contributed by atoms with Gasteiger partial charge < -0.3 is 0 Å². The largest absolute Gasteiger partial charge is 0.416 e. The molecule has 1 heterocycles. The molecular formula is C13H13F3N4. The number of rotatable bonds is 3. The summed E-state index contributed by atoms with van der Waals surface area (Å²) >= 11 is 0. The molecule has 3 N–H and O–H groups in total. The third-order valence-electron chi connectivity index (χ3n) is 2.83. The molecule has 106 valence electrons. The van der Waals surface area contributed by atoms with Gasteiger partial charge in [0, 0.05) is 6.20 Å². The number of nitrogens with two attached hydrogens (primary N) is 1. The summed E-state index contributed by atoms with van der Waals surface area (Å²) in [5.74, 6) is 6.04. The molecule has 0 spiro atoms. The molecule has 0 fully saturated rings. The molecule has 7 heteroatoms. The molecule has 0 saturated carbocycles. The number of halogens is 3. The minimum atomic E-state index is -4.35. The fourth-order valence-corrected chi connectivity index (χ4v) is 1.85. The topological polar surface area (TPSA) is 63.8 Å². The number of hydrogen-bond acceptors (Lipinski definition) is 4. The lowest BCUT2D eigenvalue weighted by Gasteiger charge is -2.17. The molecule has 2 rings (SSSR count). The van der Waals surface area contributed by atoms with Gasteiger partial charge in [0.25, 0.3) is 0 Å². The molecule has 1 aromatic carbocycles. The zero-order valence-corrected chi connectivity index (χ0v) is 10.6. The van der Waals surface area contributed by atoms with Crippen LogP contribution in [0, 0.1) is 6.92 Å². The highest BCUT2D eigenvalue weighted by atomic mass is 19.4. The van der Waals surface area contributed by atoms with Gasteiger partial charge in [-0.2, -0.15) is 13.2 Å². The maximum atomic E-state index is 12.5. The summed E-state index contributed by atoms with van der Waals surface area (Å²) < 4.78 is 37.6. The van der Waals surface area contributed by atoms with E-state index in [2.05, 4.69) is 15.4 Å². The Morgan fingerprint density at radius 1 is 1.15 bits per heavy atom. The lowest BCUT2D eigenvalue weighted by molar-refractivity contribution is -0.137. The second-order valence-electron chi connectivity index (χ2n) is 4.25. The first kappa shape index (κ1) is 14.4. The molecule has 20 heavy (non-hydrogen) atoms. The number of nitrogens with zero attached hydrogens (tertiary/aromatic N) is 2. The first-order chi connectivity index (χ1) is 9.41. The zero-order valence-electron chi connectivity index (χ0n) is 10.6. The molecule has 4 nitrogen and oxygen atoms in total. The fraction of sp³-hybridized carbons (Fsp3) is 0.231.